The minimum Gasteiger partial charge on any atom is -0.292 e. The van der Waals surface area contributed by atoms with Crippen LogP contribution in [0.1, 0.15) is 46.5 Å². The van der Waals surface area contributed by atoms with Gasteiger partial charge >= 0.3 is 0 Å². The maximum absolute atomic E-state index is 4.14. The van der Waals surface area contributed by atoms with Crippen LogP contribution >= 0.6 is 0 Å². The number of nitrogens with zero attached hydrogens (tertiary/aromatic N) is 1. The highest BCUT2D eigenvalue weighted by Gasteiger charge is 1.88. The Bertz CT molecular complexity index is 217. The molecule has 0 aliphatic carbocycles. The van der Waals surface area contributed by atoms with Gasteiger partial charge in [0.1, 0.15) is 0 Å². The molecule has 0 rings (SSSR count). The quantitative estimate of drug-likeness (QED) is 0.450. The van der Waals surface area contributed by atoms with Gasteiger partial charge in [0.25, 0.3) is 0 Å². The van der Waals surface area contributed by atoms with Crippen molar-refractivity contribution in [1.29, 1.82) is 0 Å². The van der Waals surface area contributed by atoms with Crippen LogP contribution in [0.3, 0.4) is 0 Å². The summed E-state index contributed by atoms with van der Waals surface area (Å²) in [5, 5.41) is 0. The van der Waals surface area contributed by atoms with E-state index < -0.39 is 0 Å². The summed E-state index contributed by atoms with van der Waals surface area (Å²) in [4.78, 5) is 4.14. The van der Waals surface area contributed by atoms with E-state index in [-0.39, 0.29) is 0 Å². The molecule has 0 fully saturated rings. The van der Waals surface area contributed by atoms with Crippen LogP contribution in [-0.4, -0.2) is 12.8 Å². The summed E-state index contributed by atoms with van der Waals surface area (Å²) in [6.45, 7) is 6.46. The van der Waals surface area contributed by atoms with E-state index in [1.54, 1.807) is 0 Å². The van der Waals surface area contributed by atoms with E-state index in [0.717, 1.165) is 18.6 Å². The molecule has 13 heavy (non-hydrogen) atoms. The minimum absolute atomic E-state index is 0.991. The first-order valence-electron chi connectivity index (χ1n) is 5.12. The number of aliphatic imine (C=N–C) groups is 1. The molecule has 0 radical (unpaired) electrons. The summed E-state index contributed by atoms with van der Waals surface area (Å²) in [6.07, 6.45) is 6.67. The van der Waals surface area contributed by atoms with Gasteiger partial charge in [-0.2, -0.15) is 0 Å². The van der Waals surface area contributed by atoms with Gasteiger partial charge in [-0.25, -0.2) is 0 Å². The molecule has 0 atom stereocenters. The first kappa shape index (κ1) is 12.2. The summed E-state index contributed by atoms with van der Waals surface area (Å²) in [7, 11) is 1.83. The van der Waals surface area contributed by atoms with Crippen LogP contribution in [-0.2, 0) is 0 Å². The van der Waals surface area contributed by atoms with Crippen LogP contribution in [0.2, 0.25) is 0 Å². The molecule has 0 aromatic heterocycles. The molecule has 0 aliphatic rings. The van der Waals surface area contributed by atoms with E-state index in [0.29, 0.717) is 0 Å². The number of hydrogen-bond donors (Lipinski definition) is 0. The molecular weight excluding hydrogens is 158 g/mol. The van der Waals surface area contributed by atoms with Crippen LogP contribution in [0, 0.1) is 0 Å². The standard InChI is InChI=1S/C12H21N/c1-5-7-8-11(3)9-10-12(6-2)13-4/h10H,5-8H2,1-4H3. The zero-order valence-electron chi connectivity index (χ0n) is 9.35. The lowest BCUT2D eigenvalue weighted by molar-refractivity contribution is 0.788. The van der Waals surface area contributed by atoms with Crippen LogP contribution in [0.25, 0.3) is 0 Å². The van der Waals surface area contributed by atoms with Crippen molar-refractivity contribution in [2.24, 2.45) is 4.99 Å². The molecule has 0 saturated heterocycles. The van der Waals surface area contributed by atoms with Crippen molar-refractivity contribution in [1.82, 2.24) is 0 Å². The molecule has 0 saturated carbocycles. The Hall–Kier alpha value is -0.810. The van der Waals surface area contributed by atoms with E-state index >= 15 is 0 Å². The molecular formula is C12H21N. The Morgan fingerprint density at radius 2 is 2.08 bits per heavy atom. The lowest BCUT2D eigenvalue weighted by Crippen LogP contribution is -1.87. The summed E-state index contributed by atoms with van der Waals surface area (Å²) >= 11 is 0. The lowest BCUT2D eigenvalue weighted by atomic mass is 10.1. The predicted molar refractivity (Wildman–Crippen MR) is 60.4 cm³/mol. The highest BCUT2D eigenvalue weighted by atomic mass is 14.7. The van der Waals surface area contributed by atoms with Crippen molar-refractivity contribution in [3.05, 3.63) is 17.4 Å². The molecule has 0 N–H and O–H groups in total. The van der Waals surface area contributed by atoms with Gasteiger partial charge in [-0.05, 0) is 31.8 Å². The second kappa shape index (κ2) is 7.82. The summed E-state index contributed by atoms with van der Waals surface area (Å²) in [5.41, 5.74) is 5.73. The third kappa shape index (κ3) is 6.36. The molecule has 1 heteroatoms. The first-order valence-corrected chi connectivity index (χ1v) is 5.12. The van der Waals surface area contributed by atoms with Gasteiger partial charge in [0.15, 0.2) is 0 Å². The molecule has 1 nitrogen and oxygen atoms in total. The predicted octanol–water partition coefficient (Wildman–Crippen LogP) is 3.76. The largest absolute Gasteiger partial charge is 0.292 e. The second-order valence-corrected chi connectivity index (χ2v) is 3.24. The number of unbranched alkanes of at least 4 members (excludes halogenated alkanes) is 1. The molecule has 0 amide bonds. The molecule has 0 unspecified atom stereocenters. The van der Waals surface area contributed by atoms with Crippen molar-refractivity contribution in [2.75, 3.05) is 7.05 Å². The van der Waals surface area contributed by atoms with Gasteiger partial charge in [-0.3, -0.25) is 4.99 Å². The second-order valence-electron chi connectivity index (χ2n) is 3.24. The lowest BCUT2D eigenvalue weighted by Gasteiger charge is -1.94. The maximum atomic E-state index is 4.14. The first-order chi connectivity index (χ1) is 6.24. The number of rotatable bonds is 5. The third-order valence-electron chi connectivity index (χ3n) is 2.04. The molecule has 0 aromatic rings. The Balaban J connectivity index is 4.18. The Morgan fingerprint density at radius 3 is 2.54 bits per heavy atom. The molecule has 74 valence electrons. The van der Waals surface area contributed by atoms with Crippen molar-refractivity contribution < 1.29 is 0 Å². The van der Waals surface area contributed by atoms with E-state index in [4.69, 9.17) is 0 Å². The Kier molecular flexibility index (Phi) is 7.33. The average Bonchev–Trinajstić information content (AvgIpc) is 2.16. The molecule has 0 aromatic carbocycles. The SMILES string of the molecule is CCCCC(C)=C=CC(CC)=NC. The summed E-state index contributed by atoms with van der Waals surface area (Å²) in [5.74, 6) is 0. The van der Waals surface area contributed by atoms with Gasteiger partial charge in [0.05, 0.1) is 0 Å². The number of allylic oxidation sites excluding steroid dienone is 1. The molecule has 0 spiro atoms. The van der Waals surface area contributed by atoms with Crippen LogP contribution in [0.4, 0.5) is 0 Å². The summed E-state index contributed by atoms with van der Waals surface area (Å²) in [6, 6.07) is 0. The number of hydrogen-bond acceptors (Lipinski definition) is 1. The molecule has 0 heterocycles. The van der Waals surface area contributed by atoms with Gasteiger partial charge in [0, 0.05) is 18.8 Å². The highest BCUT2D eigenvalue weighted by molar-refractivity contribution is 5.94. The van der Waals surface area contributed by atoms with Crippen LogP contribution in [0.15, 0.2) is 22.4 Å². The smallest absolute Gasteiger partial charge is 0.0418 e. The van der Waals surface area contributed by atoms with Crippen molar-refractivity contribution in [3.63, 3.8) is 0 Å². The van der Waals surface area contributed by atoms with Gasteiger partial charge in [-0.15, -0.1) is 5.73 Å². The fourth-order valence-electron chi connectivity index (χ4n) is 1.05. The Labute approximate surface area is 82.3 Å². The Morgan fingerprint density at radius 1 is 1.38 bits per heavy atom. The van der Waals surface area contributed by atoms with Gasteiger partial charge in [-0.1, -0.05) is 20.3 Å². The van der Waals surface area contributed by atoms with E-state index in [1.165, 1.54) is 18.4 Å². The summed E-state index contributed by atoms with van der Waals surface area (Å²) < 4.78 is 0. The topological polar surface area (TPSA) is 12.4 Å². The zero-order chi connectivity index (χ0) is 10.1. The monoisotopic (exact) mass is 179 g/mol. The fourth-order valence-corrected chi connectivity index (χ4v) is 1.05. The van der Waals surface area contributed by atoms with Gasteiger partial charge in [0.2, 0.25) is 0 Å². The van der Waals surface area contributed by atoms with Crippen LogP contribution < -0.4 is 0 Å². The fraction of sp³-hybridized carbons (Fsp3) is 0.667. The maximum Gasteiger partial charge on any atom is 0.0418 e. The normalized spacial score (nSPS) is 10.9. The van der Waals surface area contributed by atoms with Crippen molar-refractivity contribution in [2.45, 2.75) is 46.5 Å². The van der Waals surface area contributed by atoms with Crippen LogP contribution in [0.5, 0.6) is 0 Å². The van der Waals surface area contributed by atoms with Crippen molar-refractivity contribution >= 4 is 5.71 Å². The van der Waals surface area contributed by atoms with E-state index in [9.17, 15) is 0 Å². The van der Waals surface area contributed by atoms with E-state index in [2.05, 4.69) is 31.5 Å². The third-order valence-corrected chi connectivity index (χ3v) is 2.04. The van der Waals surface area contributed by atoms with Crippen molar-refractivity contribution in [3.8, 4) is 0 Å². The highest BCUT2D eigenvalue weighted by Crippen LogP contribution is 2.04. The zero-order valence-corrected chi connectivity index (χ0v) is 9.35. The van der Waals surface area contributed by atoms with E-state index in [1.807, 2.05) is 13.1 Å². The molecule has 0 bridgehead atoms. The van der Waals surface area contributed by atoms with Gasteiger partial charge < -0.3 is 0 Å². The minimum atomic E-state index is 0.991. The average molecular weight is 179 g/mol. The molecule has 0 aliphatic heterocycles.